The van der Waals surface area contributed by atoms with Crippen LogP contribution in [-0.4, -0.2) is 22.7 Å². The van der Waals surface area contributed by atoms with Crippen LogP contribution in [0.3, 0.4) is 0 Å². The van der Waals surface area contributed by atoms with Crippen LogP contribution >= 0.6 is 15.9 Å². The summed E-state index contributed by atoms with van der Waals surface area (Å²) in [7, 11) is 0. The van der Waals surface area contributed by atoms with E-state index in [0.717, 1.165) is 23.1 Å². The summed E-state index contributed by atoms with van der Waals surface area (Å²) < 4.78 is 1.03. The number of aliphatic hydroxyl groups is 1. The molecule has 3 nitrogen and oxygen atoms in total. The van der Waals surface area contributed by atoms with Crippen molar-refractivity contribution in [2.45, 2.75) is 32.2 Å². The van der Waals surface area contributed by atoms with Crippen LogP contribution in [0, 0.1) is 12.8 Å². The van der Waals surface area contributed by atoms with Gasteiger partial charge in [-0.3, -0.25) is 0 Å². The Balaban J connectivity index is 2.05. The van der Waals surface area contributed by atoms with Crippen molar-refractivity contribution in [3.05, 3.63) is 22.3 Å². The largest absolute Gasteiger partial charge is 0.396 e. The van der Waals surface area contributed by atoms with Gasteiger partial charge in [-0.25, -0.2) is 4.98 Å². The molecule has 88 valence electrons. The third kappa shape index (κ3) is 2.55. The molecule has 0 saturated heterocycles. The maximum atomic E-state index is 9.25. The molecule has 1 fully saturated rings. The highest BCUT2D eigenvalue weighted by Crippen LogP contribution is 2.28. The highest BCUT2D eigenvalue weighted by molar-refractivity contribution is 9.10. The summed E-state index contributed by atoms with van der Waals surface area (Å²) in [5.74, 6) is 1.29. The van der Waals surface area contributed by atoms with E-state index in [9.17, 15) is 5.11 Å². The van der Waals surface area contributed by atoms with Crippen LogP contribution in [0.2, 0.25) is 0 Å². The van der Waals surface area contributed by atoms with Crippen LogP contribution in [0.5, 0.6) is 0 Å². The maximum absolute atomic E-state index is 9.25. The number of anilines is 1. The Morgan fingerprint density at radius 1 is 1.56 bits per heavy atom. The second kappa shape index (κ2) is 5.15. The summed E-state index contributed by atoms with van der Waals surface area (Å²) >= 11 is 3.44. The van der Waals surface area contributed by atoms with Crippen molar-refractivity contribution >= 4 is 21.7 Å². The fraction of sp³-hybridized carbons (Fsp3) is 0.583. The van der Waals surface area contributed by atoms with Crippen molar-refractivity contribution in [2.75, 3.05) is 11.9 Å². The number of pyridine rings is 1. The number of rotatable bonds is 3. The summed E-state index contributed by atoms with van der Waals surface area (Å²) in [4.78, 5) is 4.33. The van der Waals surface area contributed by atoms with Crippen molar-refractivity contribution in [1.82, 2.24) is 4.98 Å². The lowest BCUT2D eigenvalue weighted by atomic mass is 10.1. The topological polar surface area (TPSA) is 45.1 Å². The predicted molar refractivity (Wildman–Crippen MR) is 68.5 cm³/mol. The third-order valence-corrected chi connectivity index (χ3v) is 4.10. The Morgan fingerprint density at radius 3 is 3.06 bits per heavy atom. The molecule has 2 unspecified atom stereocenters. The van der Waals surface area contributed by atoms with Gasteiger partial charge in [0.05, 0.1) is 0 Å². The average Bonchev–Trinajstić information content (AvgIpc) is 2.71. The zero-order chi connectivity index (χ0) is 11.5. The zero-order valence-electron chi connectivity index (χ0n) is 9.41. The second-order valence-corrected chi connectivity index (χ2v) is 5.30. The predicted octanol–water partition coefficient (Wildman–Crippen LogP) is 2.73. The fourth-order valence-corrected chi connectivity index (χ4v) is 2.47. The molecule has 1 heterocycles. The molecule has 0 aliphatic heterocycles. The molecule has 0 amide bonds. The normalized spacial score (nSPS) is 24.7. The lowest BCUT2D eigenvalue weighted by Crippen LogP contribution is -2.26. The van der Waals surface area contributed by atoms with Gasteiger partial charge in [0, 0.05) is 29.2 Å². The molecule has 16 heavy (non-hydrogen) atoms. The van der Waals surface area contributed by atoms with Crippen molar-refractivity contribution in [3.8, 4) is 0 Å². The standard InChI is InChI=1S/C12H17BrN2O/c1-8-5-12(14-6-10(8)13)15-11-4-2-3-9(11)7-16/h5-6,9,11,16H,2-4,7H2,1H3,(H,14,15). The third-order valence-electron chi connectivity index (χ3n) is 3.27. The van der Waals surface area contributed by atoms with Crippen LogP contribution in [0.15, 0.2) is 16.7 Å². The molecule has 2 rings (SSSR count). The van der Waals surface area contributed by atoms with Crippen LogP contribution in [0.1, 0.15) is 24.8 Å². The van der Waals surface area contributed by atoms with Crippen molar-refractivity contribution in [3.63, 3.8) is 0 Å². The molecular weight excluding hydrogens is 268 g/mol. The van der Waals surface area contributed by atoms with E-state index in [4.69, 9.17) is 0 Å². The Kier molecular flexibility index (Phi) is 3.82. The van der Waals surface area contributed by atoms with E-state index in [1.165, 1.54) is 12.0 Å². The summed E-state index contributed by atoms with van der Waals surface area (Å²) in [6.45, 7) is 2.32. The van der Waals surface area contributed by atoms with E-state index >= 15 is 0 Å². The number of halogens is 1. The number of nitrogens with zero attached hydrogens (tertiary/aromatic N) is 1. The van der Waals surface area contributed by atoms with Gasteiger partial charge in [0.1, 0.15) is 5.82 Å². The van der Waals surface area contributed by atoms with Gasteiger partial charge in [0.15, 0.2) is 0 Å². The summed E-state index contributed by atoms with van der Waals surface area (Å²) in [5, 5.41) is 12.7. The van der Waals surface area contributed by atoms with Gasteiger partial charge in [-0.05, 0) is 47.3 Å². The van der Waals surface area contributed by atoms with E-state index < -0.39 is 0 Å². The molecule has 1 aromatic heterocycles. The van der Waals surface area contributed by atoms with Crippen LogP contribution < -0.4 is 5.32 Å². The summed E-state index contributed by atoms with van der Waals surface area (Å²) in [5.41, 5.74) is 1.18. The molecular formula is C12H17BrN2O. The average molecular weight is 285 g/mol. The Hall–Kier alpha value is -0.610. The number of nitrogens with one attached hydrogen (secondary N) is 1. The summed E-state index contributed by atoms with van der Waals surface area (Å²) in [6, 6.07) is 2.41. The first-order chi connectivity index (χ1) is 7.70. The molecule has 2 N–H and O–H groups in total. The first-order valence-corrected chi connectivity index (χ1v) is 6.49. The van der Waals surface area contributed by atoms with Crippen LogP contribution in [0.25, 0.3) is 0 Å². The molecule has 0 aromatic carbocycles. The van der Waals surface area contributed by atoms with Gasteiger partial charge in [-0.15, -0.1) is 0 Å². The first-order valence-electron chi connectivity index (χ1n) is 5.70. The molecule has 0 radical (unpaired) electrons. The number of hydrogen-bond acceptors (Lipinski definition) is 3. The Morgan fingerprint density at radius 2 is 2.38 bits per heavy atom. The van der Waals surface area contributed by atoms with E-state index in [1.54, 1.807) is 0 Å². The minimum absolute atomic E-state index is 0.271. The van der Waals surface area contributed by atoms with Crippen molar-refractivity contribution in [1.29, 1.82) is 0 Å². The van der Waals surface area contributed by atoms with Crippen LogP contribution in [-0.2, 0) is 0 Å². The highest BCUT2D eigenvalue weighted by Gasteiger charge is 2.26. The van der Waals surface area contributed by atoms with Crippen LogP contribution in [0.4, 0.5) is 5.82 Å². The second-order valence-electron chi connectivity index (χ2n) is 4.44. The van der Waals surface area contributed by atoms with Gasteiger partial charge in [0.25, 0.3) is 0 Å². The number of aryl methyl sites for hydroxylation is 1. The fourth-order valence-electron chi connectivity index (χ4n) is 2.25. The van der Waals surface area contributed by atoms with Gasteiger partial charge in [-0.1, -0.05) is 6.42 Å². The smallest absolute Gasteiger partial charge is 0.126 e. The van der Waals surface area contributed by atoms with E-state index in [-0.39, 0.29) is 6.61 Å². The molecule has 1 aliphatic carbocycles. The molecule has 1 aromatic rings. The van der Waals surface area contributed by atoms with E-state index in [2.05, 4.69) is 33.2 Å². The molecule has 4 heteroatoms. The lowest BCUT2D eigenvalue weighted by Gasteiger charge is -2.19. The molecule has 0 bridgehead atoms. The Bertz CT molecular complexity index is 370. The van der Waals surface area contributed by atoms with E-state index in [1.807, 2.05) is 12.3 Å². The SMILES string of the molecule is Cc1cc(NC2CCCC2CO)ncc1Br. The quantitative estimate of drug-likeness (QED) is 0.897. The molecule has 2 atom stereocenters. The number of hydrogen-bond donors (Lipinski definition) is 2. The number of aromatic nitrogens is 1. The first kappa shape index (κ1) is 11.9. The minimum atomic E-state index is 0.271. The number of aliphatic hydroxyl groups excluding tert-OH is 1. The zero-order valence-corrected chi connectivity index (χ0v) is 11.0. The molecule has 0 spiro atoms. The van der Waals surface area contributed by atoms with Gasteiger partial charge in [-0.2, -0.15) is 0 Å². The van der Waals surface area contributed by atoms with Gasteiger partial charge < -0.3 is 10.4 Å². The van der Waals surface area contributed by atoms with E-state index in [0.29, 0.717) is 12.0 Å². The Labute approximate surface area is 104 Å². The van der Waals surface area contributed by atoms with Gasteiger partial charge in [0.2, 0.25) is 0 Å². The highest BCUT2D eigenvalue weighted by atomic mass is 79.9. The minimum Gasteiger partial charge on any atom is -0.396 e. The molecule has 1 saturated carbocycles. The lowest BCUT2D eigenvalue weighted by molar-refractivity contribution is 0.222. The molecule has 1 aliphatic rings. The monoisotopic (exact) mass is 284 g/mol. The summed E-state index contributed by atoms with van der Waals surface area (Å²) in [6.07, 6.45) is 5.25. The maximum Gasteiger partial charge on any atom is 0.126 e. The van der Waals surface area contributed by atoms with Crippen molar-refractivity contribution < 1.29 is 5.11 Å². The van der Waals surface area contributed by atoms with Gasteiger partial charge >= 0.3 is 0 Å². The van der Waals surface area contributed by atoms with Crippen molar-refractivity contribution in [2.24, 2.45) is 5.92 Å².